The second-order valence-electron chi connectivity index (χ2n) is 6.21. The van der Waals surface area contributed by atoms with Crippen LogP contribution in [-0.2, 0) is 6.42 Å². The van der Waals surface area contributed by atoms with Gasteiger partial charge in [0.05, 0.1) is 7.11 Å². The third-order valence-electron chi connectivity index (χ3n) is 4.44. The summed E-state index contributed by atoms with van der Waals surface area (Å²) in [6, 6.07) is 30.9. The van der Waals surface area contributed by atoms with E-state index in [1.54, 1.807) is 7.11 Å². The van der Waals surface area contributed by atoms with Crippen LogP contribution < -0.4 is 4.74 Å². The Hall–Kier alpha value is -3.26. The second-order valence-corrected chi connectivity index (χ2v) is 6.21. The number of furan rings is 1. The summed E-state index contributed by atoms with van der Waals surface area (Å²) >= 11 is 0. The van der Waals surface area contributed by atoms with Crippen molar-refractivity contribution in [2.24, 2.45) is 0 Å². The Bertz CT molecular complexity index is 968. The van der Waals surface area contributed by atoms with Gasteiger partial charge < -0.3 is 9.15 Å². The van der Waals surface area contributed by atoms with Gasteiger partial charge in [0.2, 0.25) is 0 Å². The van der Waals surface area contributed by atoms with Gasteiger partial charge in [-0.2, -0.15) is 0 Å². The molecule has 0 unspecified atom stereocenters. The summed E-state index contributed by atoms with van der Waals surface area (Å²) in [7, 11) is 1.68. The minimum absolute atomic E-state index is 0.775. The summed E-state index contributed by atoms with van der Waals surface area (Å²) in [6.07, 6.45) is 0.775. The van der Waals surface area contributed by atoms with Crippen LogP contribution in [0.25, 0.3) is 22.5 Å². The lowest BCUT2D eigenvalue weighted by Gasteiger charge is -2.04. The van der Waals surface area contributed by atoms with Crippen LogP contribution in [0.1, 0.15) is 11.3 Å². The SMILES string of the molecule is COc1ccc(-c2oc(Cc3ccccc3)cc2-c2ccccc2)cc1. The Morgan fingerprint density at radius 1 is 0.731 bits per heavy atom. The predicted octanol–water partition coefficient (Wildman–Crippen LogP) is 6.21. The van der Waals surface area contributed by atoms with E-state index in [1.165, 1.54) is 5.56 Å². The summed E-state index contributed by atoms with van der Waals surface area (Å²) in [5.41, 5.74) is 4.55. The molecule has 0 N–H and O–H groups in total. The maximum atomic E-state index is 6.29. The molecule has 0 spiro atoms. The average Bonchev–Trinajstić information content (AvgIpc) is 3.13. The predicted molar refractivity (Wildman–Crippen MR) is 105 cm³/mol. The summed E-state index contributed by atoms with van der Waals surface area (Å²) in [6.45, 7) is 0. The monoisotopic (exact) mass is 340 g/mol. The van der Waals surface area contributed by atoms with E-state index in [9.17, 15) is 0 Å². The minimum atomic E-state index is 0.775. The van der Waals surface area contributed by atoms with Crippen LogP contribution in [0.4, 0.5) is 0 Å². The number of hydrogen-bond acceptors (Lipinski definition) is 2. The van der Waals surface area contributed by atoms with Gasteiger partial charge in [-0.15, -0.1) is 0 Å². The topological polar surface area (TPSA) is 22.4 Å². The van der Waals surface area contributed by atoms with E-state index in [1.807, 2.05) is 36.4 Å². The van der Waals surface area contributed by atoms with Crippen molar-refractivity contribution in [3.8, 4) is 28.2 Å². The van der Waals surface area contributed by atoms with Crippen molar-refractivity contribution >= 4 is 0 Å². The fraction of sp³-hybridized carbons (Fsp3) is 0.0833. The summed E-state index contributed by atoms with van der Waals surface area (Å²) in [5.74, 6) is 2.69. The molecule has 2 nitrogen and oxygen atoms in total. The standard InChI is InChI=1S/C24H20O2/c1-25-21-14-12-20(13-15-21)24-23(19-10-6-3-7-11-19)17-22(26-24)16-18-8-4-2-5-9-18/h2-15,17H,16H2,1H3. The average molecular weight is 340 g/mol. The molecule has 0 atom stereocenters. The molecule has 0 radical (unpaired) electrons. The van der Waals surface area contributed by atoms with Crippen LogP contribution in [0, 0.1) is 0 Å². The van der Waals surface area contributed by atoms with Gasteiger partial charge in [-0.05, 0) is 41.5 Å². The fourth-order valence-electron chi connectivity index (χ4n) is 3.12. The first-order valence-corrected chi connectivity index (χ1v) is 8.70. The van der Waals surface area contributed by atoms with Crippen LogP contribution in [0.15, 0.2) is 95.4 Å². The zero-order valence-electron chi connectivity index (χ0n) is 14.7. The molecule has 26 heavy (non-hydrogen) atoms. The lowest BCUT2D eigenvalue weighted by atomic mass is 10.0. The van der Waals surface area contributed by atoms with E-state index in [0.717, 1.165) is 40.4 Å². The Labute approximate surface area is 153 Å². The van der Waals surface area contributed by atoms with E-state index in [2.05, 4.69) is 54.6 Å². The third-order valence-corrected chi connectivity index (χ3v) is 4.44. The van der Waals surface area contributed by atoms with Gasteiger partial charge in [0.1, 0.15) is 17.3 Å². The normalized spacial score (nSPS) is 10.7. The number of rotatable bonds is 5. The smallest absolute Gasteiger partial charge is 0.142 e. The molecule has 4 aromatic rings. The minimum Gasteiger partial charge on any atom is -0.497 e. The third kappa shape index (κ3) is 3.40. The zero-order valence-corrected chi connectivity index (χ0v) is 14.7. The molecule has 3 aromatic carbocycles. The lowest BCUT2D eigenvalue weighted by Crippen LogP contribution is -1.84. The van der Waals surface area contributed by atoms with Crippen molar-refractivity contribution in [1.29, 1.82) is 0 Å². The maximum absolute atomic E-state index is 6.29. The molecule has 2 heteroatoms. The van der Waals surface area contributed by atoms with E-state index in [4.69, 9.17) is 9.15 Å². The van der Waals surface area contributed by atoms with Gasteiger partial charge >= 0.3 is 0 Å². The number of hydrogen-bond donors (Lipinski definition) is 0. The molecule has 1 heterocycles. The van der Waals surface area contributed by atoms with Crippen molar-refractivity contribution < 1.29 is 9.15 Å². The molecule has 0 aliphatic carbocycles. The van der Waals surface area contributed by atoms with Crippen LogP contribution in [0.3, 0.4) is 0 Å². The van der Waals surface area contributed by atoms with Crippen molar-refractivity contribution in [1.82, 2.24) is 0 Å². The van der Waals surface area contributed by atoms with Gasteiger partial charge in [-0.25, -0.2) is 0 Å². The van der Waals surface area contributed by atoms with Gasteiger partial charge in [0.25, 0.3) is 0 Å². The number of methoxy groups -OCH3 is 1. The highest BCUT2D eigenvalue weighted by Crippen LogP contribution is 2.36. The Balaban J connectivity index is 1.77. The molecular weight excluding hydrogens is 320 g/mol. The quantitative estimate of drug-likeness (QED) is 0.431. The van der Waals surface area contributed by atoms with E-state index in [-0.39, 0.29) is 0 Å². The Kier molecular flexibility index (Phi) is 4.57. The molecule has 128 valence electrons. The highest BCUT2D eigenvalue weighted by molar-refractivity contribution is 5.80. The first kappa shape index (κ1) is 16.2. The van der Waals surface area contributed by atoms with Gasteiger partial charge in [0.15, 0.2) is 0 Å². The second kappa shape index (κ2) is 7.32. The summed E-state index contributed by atoms with van der Waals surface area (Å²) in [4.78, 5) is 0. The highest BCUT2D eigenvalue weighted by atomic mass is 16.5. The van der Waals surface area contributed by atoms with E-state index >= 15 is 0 Å². The van der Waals surface area contributed by atoms with Gasteiger partial charge in [0, 0.05) is 17.5 Å². The molecule has 0 saturated carbocycles. The Morgan fingerprint density at radius 3 is 2.04 bits per heavy atom. The molecule has 0 amide bonds. The van der Waals surface area contributed by atoms with Crippen LogP contribution in [0.5, 0.6) is 5.75 Å². The highest BCUT2D eigenvalue weighted by Gasteiger charge is 2.15. The molecule has 1 aromatic heterocycles. The maximum Gasteiger partial charge on any atom is 0.142 e. The van der Waals surface area contributed by atoms with Gasteiger partial charge in [-0.3, -0.25) is 0 Å². The van der Waals surface area contributed by atoms with Crippen LogP contribution in [0.2, 0.25) is 0 Å². The molecule has 4 rings (SSSR count). The van der Waals surface area contributed by atoms with Crippen molar-refractivity contribution in [2.45, 2.75) is 6.42 Å². The van der Waals surface area contributed by atoms with Crippen LogP contribution >= 0.6 is 0 Å². The fourth-order valence-corrected chi connectivity index (χ4v) is 3.12. The zero-order chi connectivity index (χ0) is 17.8. The molecule has 0 bridgehead atoms. The molecule has 0 aliphatic heterocycles. The molecular formula is C24H20O2. The van der Waals surface area contributed by atoms with Crippen molar-refractivity contribution in [3.05, 3.63) is 102 Å². The number of benzene rings is 3. The number of ether oxygens (including phenoxy) is 1. The van der Waals surface area contributed by atoms with E-state index in [0.29, 0.717) is 0 Å². The van der Waals surface area contributed by atoms with E-state index < -0.39 is 0 Å². The molecule has 0 aliphatic rings. The van der Waals surface area contributed by atoms with Gasteiger partial charge in [-0.1, -0.05) is 60.7 Å². The first-order valence-electron chi connectivity index (χ1n) is 8.70. The lowest BCUT2D eigenvalue weighted by molar-refractivity contribution is 0.415. The Morgan fingerprint density at radius 2 is 1.38 bits per heavy atom. The van der Waals surface area contributed by atoms with Crippen molar-refractivity contribution in [3.63, 3.8) is 0 Å². The largest absolute Gasteiger partial charge is 0.497 e. The first-order chi connectivity index (χ1) is 12.8. The molecule has 0 saturated heterocycles. The van der Waals surface area contributed by atoms with Crippen LogP contribution in [-0.4, -0.2) is 7.11 Å². The molecule has 0 fully saturated rings. The van der Waals surface area contributed by atoms with Crippen molar-refractivity contribution in [2.75, 3.05) is 7.11 Å². The summed E-state index contributed by atoms with van der Waals surface area (Å²) in [5, 5.41) is 0. The summed E-state index contributed by atoms with van der Waals surface area (Å²) < 4.78 is 11.6.